The van der Waals surface area contributed by atoms with E-state index in [2.05, 4.69) is 10.0 Å². The van der Waals surface area contributed by atoms with E-state index in [0.29, 0.717) is 16.9 Å². The SMILES string of the molecule is Cc1cccc2c1OP(=O)(OC[C@@]1(CN=[N+]=[N-])OC(n3ccc(=O)[nH]c3=O)[C@H](F)[C@@H]1O)OC2. The van der Waals surface area contributed by atoms with E-state index in [1.54, 1.807) is 25.1 Å². The molecule has 2 N–H and O–H groups in total. The highest BCUT2D eigenvalue weighted by molar-refractivity contribution is 7.49. The molecule has 3 heterocycles. The van der Waals surface area contributed by atoms with Crippen molar-refractivity contribution in [1.29, 1.82) is 0 Å². The largest absolute Gasteiger partial charge is 0.530 e. The number of hydrogen-bond acceptors (Lipinski definition) is 9. The first kappa shape index (κ1) is 23.2. The predicted octanol–water partition coefficient (Wildman–Crippen LogP) is 1.86. The molecule has 0 spiro atoms. The Hall–Kier alpha value is -2.99. The molecule has 2 unspecified atom stereocenters. The molecule has 1 aromatic carbocycles. The average Bonchev–Trinajstić information content (AvgIpc) is 3.03. The predicted molar refractivity (Wildman–Crippen MR) is 109 cm³/mol. The number of phosphoric ester groups is 1. The molecule has 2 aliphatic rings. The number of azide groups is 1. The van der Waals surface area contributed by atoms with Crippen LogP contribution in [-0.2, 0) is 25.0 Å². The monoisotopic (exact) mass is 483 g/mol. The number of hydrogen-bond donors (Lipinski definition) is 2. The molecule has 4 rings (SSSR count). The van der Waals surface area contributed by atoms with Crippen LogP contribution in [0.3, 0.4) is 0 Å². The summed E-state index contributed by atoms with van der Waals surface area (Å²) in [5.41, 5.74) is 6.34. The number of nitrogens with zero attached hydrogens (tertiary/aromatic N) is 4. The van der Waals surface area contributed by atoms with Crippen LogP contribution >= 0.6 is 7.82 Å². The molecular formula is C18H19FN5O8P. The lowest BCUT2D eigenvalue weighted by Crippen LogP contribution is -2.48. The minimum absolute atomic E-state index is 0.0812. The number of aliphatic hydroxyl groups is 1. The number of benzene rings is 1. The molecule has 13 nitrogen and oxygen atoms in total. The second kappa shape index (κ2) is 8.75. The van der Waals surface area contributed by atoms with Crippen molar-refractivity contribution in [1.82, 2.24) is 9.55 Å². The number of aromatic amines is 1. The van der Waals surface area contributed by atoms with Crippen LogP contribution < -0.4 is 15.8 Å². The zero-order valence-corrected chi connectivity index (χ0v) is 18.1. The van der Waals surface area contributed by atoms with Crippen LogP contribution in [0.2, 0.25) is 0 Å². The molecule has 2 aromatic rings. The van der Waals surface area contributed by atoms with Crippen LogP contribution in [0.15, 0.2) is 45.2 Å². The van der Waals surface area contributed by atoms with Crippen molar-refractivity contribution in [2.24, 2.45) is 5.11 Å². The molecule has 0 bridgehead atoms. The Kier molecular flexibility index (Phi) is 6.14. The van der Waals surface area contributed by atoms with Gasteiger partial charge in [0, 0.05) is 22.7 Å². The Morgan fingerprint density at radius 3 is 2.97 bits per heavy atom. The van der Waals surface area contributed by atoms with Crippen molar-refractivity contribution in [3.63, 3.8) is 0 Å². The van der Waals surface area contributed by atoms with E-state index in [9.17, 15) is 19.3 Å². The van der Waals surface area contributed by atoms with Gasteiger partial charge in [-0.25, -0.2) is 13.8 Å². The smallest absolute Gasteiger partial charge is 0.403 e. The van der Waals surface area contributed by atoms with Gasteiger partial charge in [0.25, 0.3) is 5.56 Å². The van der Waals surface area contributed by atoms with Gasteiger partial charge in [-0.3, -0.25) is 23.4 Å². The molecule has 0 aliphatic carbocycles. The van der Waals surface area contributed by atoms with E-state index in [0.717, 1.165) is 16.8 Å². The summed E-state index contributed by atoms with van der Waals surface area (Å²) in [4.78, 5) is 27.9. The van der Waals surface area contributed by atoms with Crippen molar-refractivity contribution in [3.8, 4) is 5.75 Å². The molecule has 0 radical (unpaired) electrons. The number of phosphoric acid groups is 1. The van der Waals surface area contributed by atoms with Crippen molar-refractivity contribution in [2.45, 2.75) is 37.6 Å². The lowest BCUT2D eigenvalue weighted by Gasteiger charge is -2.32. The zero-order chi connectivity index (χ0) is 23.8. The Balaban J connectivity index is 1.61. The van der Waals surface area contributed by atoms with E-state index in [-0.39, 0.29) is 6.61 Å². The highest BCUT2D eigenvalue weighted by atomic mass is 31.2. The van der Waals surface area contributed by atoms with Gasteiger partial charge in [0.05, 0.1) is 19.8 Å². The second-order valence-corrected chi connectivity index (χ2v) is 9.11. The van der Waals surface area contributed by atoms with Crippen LogP contribution in [0.5, 0.6) is 5.75 Å². The van der Waals surface area contributed by atoms with Crippen LogP contribution in [0.25, 0.3) is 10.4 Å². The maximum atomic E-state index is 15.0. The number of rotatable bonds is 6. The van der Waals surface area contributed by atoms with Crippen molar-refractivity contribution < 1.29 is 32.4 Å². The number of aryl methyl sites for hydroxylation is 1. The number of para-hydroxylation sites is 1. The summed E-state index contributed by atoms with van der Waals surface area (Å²) in [6.45, 7) is 0.264. The Labute approximate surface area is 184 Å². The van der Waals surface area contributed by atoms with E-state index in [4.69, 9.17) is 23.8 Å². The summed E-state index contributed by atoms with van der Waals surface area (Å²) in [5, 5.41) is 13.9. The lowest BCUT2D eigenvalue weighted by atomic mass is 9.97. The molecule has 1 aromatic heterocycles. The van der Waals surface area contributed by atoms with Crippen LogP contribution in [0, 0.1) is 6.92 Å². The van der Waals surface area contributed by atoms with Gasteiger partial charge in [0.1, 0.15) is 17.5 Å². The first-order valence-corrected chi connectivity index (χ1v) is 11.1. The van der Waals surface area contributed by atoms with Gasteiger partial charge in [0.2, 0.25) is 0 Å². The van der Waals surface area contributed by atoms with Crippen molar-refractivity contribution in [3.05, 3.63) is 72.9 Å². The fraction of sp³-hybridized carbons (Fsp3) is 0.444. The number of fused-ring (bicyclic) bond motifs is 1. The summed E-state index contributed by atoms with van der Waals surface area (Å²) in [6.07, 6.45) is -4.86. The molecule has 5 atom stereocenters. The maximum absolute atomic E-state index is 15.0. The standard InChI is InChI=1S/C18H19FN5O8P/c1-10-3-2-4-11-7-29-33(28,32-14(10)11)30-9-18(8-21-23-20)15(26)13(19)16(31-18)24-6-5-12(25)22-17(24)27/h2-6,13,15-16,26H,7-9H2,1H3,(H,22,25,27)/t13-,15+,16?,18-,33?/m1/s1. The van der Waals surface area contributed by atoms with Crippen LogP contribution in [-0.4, -0.2) is 45.7 Å². The average molecular weight is 483 g/mol. The zero-order valence-electron chi connectivity index (χ0n) is 17.2. The third kappa shape index (κ3) is 4.32. The second-order valence-electron chi connectivity index (χ2n) is 7.52. The molecule has 0 amide bonds. The third-order valence-electron chi connectivity index (χ3n) is 5.34. The summed E-state index contributed by atoms with van der Waals surface area (Å²) in [7, 11) is -4.22. The van der Waals surface area contributed by atoms with Gasteiger partial charge in [-0.15, -0.1) is 0 Å². The maximum Gasteiger partial charge on any atom is 0.530 e. The van der Waals surface area contributed by atoms with Crippen LogP contribution in [0.1, 0.15) is 17.4 Å². The Morgan fingerprint density at radius 1 is 1.45 bits per heavy atom. The van der Waals surface area contributed by atoms with Crippen molar-refractivity contribution in [2.75, 3.05) is 13.2 Å². The van der Waals surface area contributed by atoms with Crippen molar-refractivity contribution >= 4 is 7.82 Å². The first-order valence-electron chi connectivity index (χ1n) is 9.67. The number of nitrogens with one attached hydrogen (secondary N) is 1. The molecule has 176 valence electrons. The van der Waals surface area contributed by atoms with E-state index in [1.165, 1.54) is 0 Å². The van der Waals surface area contributed by atoms with Gasteiger partial charge in [-0.1, -0.05) is 23.3 Å². The third-order valence-corrected chi connectivity index (χ3v) is 6.63. The number of aromatic nitrogens is 2. The highest BCUT2D eigenvalue weighted by Gasteiger charge is 2.57. The summed E-state index contributed by atoms with van der Waals surface area (Å²) in [6, 6.07) is 6.20. The minimum atomic E-state index is -4.22. The van der Waals surface area contributed by atoms with E-state index >= 15 is 4.39 Å². The fourth-order valence-electron chi connectivity index (χ4n) is 3.60. The lowest BCUT2D eigenvalue weighted by molar-refractivity contribution is -0.121. The van der Waals surface area contributed by atoms with Gasteiger partial charge >= 0.3 is 13.5 Å². The number of alkyl halides is 1. The normalized spacial score (nSPS) is 30.8. The number of aliphatic hydroxyl groups excluding tert-OH is 1. The van der Waals surface area contributed by atoms with E-state index < -0.39 is 56.3 Å². The Bertz CT molecular complexity index is 1280. The molecule has 15 heteroatoms. The number of H-pyrrole nitrogens is 1. The van der Waals surface area contributed by atoms with Gasteiger partial charge in [0.15, 0.2) is 12.4 Å². The quantitative estimate of drug-likeness (QED) is 0.270. The van der Waals surface area contributed by atoms with E-state index in [1.807, 2.05) is 4.98 Å². The number of ether oxygens (including phenoxy) is 1. The first-order chi connectivity index (χ1) is 15.7. The molecule has 1 fully saturated rings. The Morgan fingerprint density at radius 2 is 2.24 bits per heavy atom. The van der Waals surface area contributed by atoms with Crippen LogP contribution in [0.4, 0.5) is 4.39 Å². The summed E-state index contributed by atoms with van der Waals surface area (Å²) in [5.74, 6) is 0.310. The summed E-state index contributed by atoms with van der Waals surface area (Å²) < 4.78 is 50.5. The fourth-order valence-corrected chi connectivity index (χ4v) is 4.94. The molecule has 1 saturated heterocycles. The molecule has 0 saturated carbocycles. The topological polar surface area (TPSA) is 178 Å². The molecule has 2 aliphatic heterocycles. The number of halogens is 1. The minimum Gasteiger partial charge on any atom is -0.403 e. The van der Waals surface area contributed by atoms with Gasteiger partial charge in [-0.05, 0) is 18.0 Å². The molecule has 33 heavy (non-hydrogen) atoms. The van der Waals surface area contributed by atoms with Gasteiger partial charge in [-0.2, -0.15) is 0 Å². The summed E-state index contributed by atoms with van der Waals surface area (Å²) >= 11 is 0. The van der Waals surface area contributed by atoms with Gasteiger partial charge < -0.3 is 14.4 Å². The molecular weight excluding hydrogens is 464 g/mol. The highest BCUT2D eigenvalue weighted by Crippen LogP contribution is 2.56.